The number of benzene rings is 2. The van der Waals surface area contributed by atoms with Crippen LogP contribution in [-0.4, -0.2) is 39.8 Å². The summed E-state index contributed by atoms with van der Waals surface area (Å²) in [4.78, 5) is 11.8. The monoisotopic (exact) mass is 342 g/mol. The summed E-state index contributed by atoms with van der Waals surface area (Å²) < 4.78 is 10.4. The normalized spacial score (nSPS) is 10.3. The molecule has 1 amide bonds. The van der Waals surface area contributed by atoms with Crippen LogP contribution < -0.4 is 20.1 Å². The van der Waals surface area contributed by atoms with Gasteiger partial charge in [0, 0.05) is 6.54 Å². The molecule has 0 radical (unpaired) electrons. The van der Waals surface area contributed by atoms with Gasteiger partial charge in [-0.15, -0.1) is 0 Å². The maximum absolute atomic E-state index is 11.8. The molecule has 0 spiro atoms. The molecule has 0 aliphatic carbocycles. The highest BCUT2D eigenvalue weighted by Crippen LogP contribution is 2.17. The molecule has 0 aliphatic rings. The third-order valence-corrected chi connectivity index (χ3v) is 3.94. The van der Waals surface area contributed by atoms with Crippen LogP contribution in [0.15, 0.2) is 48.5 Å². The van der Waals surface area contributed by atoms with Crippen LogP contribution >= 0.6 is 0 Å². The van der Waals surface area contributed by atoms with Gasteiger partial charge in [0.15, 0.2) is 0 Å². The van der Waals surface area contributed by atoms with Crippen molar-refractivity contribution >= 4 is 5.91 Å². The lowest BCUT2D eigenvalue weighted by Crippen LogP contribution is -2.35. The number of ether oxygens (including phenoxy) is 2. The van der Waals surface area contributed by atoms with Crippen LogP contribution in [-0.2, 0) is 17.6 Å². The van der Waals surface area contributed by atoms with E-state index in [1.165, 1.54) is 5.56 Å². The molecule has 0 bridgehead atoms. The zero-order valence-electron chi connectivity index (χ0n) is 14.9. The molecule has 0 heterocycles. The van der Waals surface area contributed by atoms with Crippen molar-refractivity contribution < 1.29 is 14.3 Å². The van der Waals surface area contributed by atoms with Crippen LogP contribution in [0.4, 0.5) is 0 Å². The molecule has 2 aromatic rings. The van der Waals surface area contributed by atoms with E-state index < -0.39 is 0 Å². The van der Waals surface area contributed by atoms with Crippen LogP contribution in [0.5, 0.6) is 11.5 Å². The Labute approximate surface area is 149 Å². The van der Waals surface area contributed by atoms with E-state index in [2.05, 4.69) is 10.6 Å². The predicted octanol–water partition coefficient (Wildman–Crippen LogP) is 2.19. The first kappa shape index (κ1) is 18.8. The number of nitrogens with one attached hydrogen (secondary N) is 2. The number of hydrogen-bond acceptors (Lipinski definition) is 4. The van der Waals surface area contributed by atoms with Crippen molar-refractivity contribution in [2.45, 2.75) is 12.8 Å². The molecular weight excluding hydrogens is 316 g/mol. The van der Waals surface area contributed by atoms with Gasteiger partial charge < -0.3 is 20.1 Å². The average molecular weight is 342 g/mol. The van der Waals surface area contributed by atoms with Gasteiger partial charge in [0.1, 0.15) is 11.5 Å². The summed E-state index contributed by atoms with van der Waals surface area (Å²) in [7, 11) is 3.32. The number of methoxy groups -OCH3 is 2. The van der Waals surface area contributed by atoms with E-state index in [9.17, 15) is 4.79 Å². The molecule has 0 saturated heterocycles. The van der Waals surface area contributed by atoms with E-state index in [0.717, 1.165) is 36.4 Å². The summed E-state index contributed by atoms with van der Waals surface area (Å²) in [6.07, 6.45) is 1.63. The fourth-order valence-corrected chi connectivity index (χ4v) is 2.54. The van der Waals surface area contributed by atoms with Crippen LogP contribution in [0.2, 0.25) is 0 Å². The van der Waals surface area contributed by atoms with E-state index in [-0.39, 0.29) is 5.91 Å². The largest absolute Gasteiger partial charge is 0.497 e. The second-order valence-corrected chi connectivity index (χ2v) is 5.69. The van der Waals surface area contributed by atoms with E-state index in [4.69, 9.17) is 9.47 Å². The summed E-state index contributed by atoms with van der Waals surface area (Å²) in [6, 6.07) is 15.8. The molecule has 0 aromatic heterocycles. The SMILES string of the molecule is COc1ccc(CCNC(=O)CNCCc2ccccc2OC)cc1. The van der Waals surface area contributed by atoms with Crippen LogP contribution in [0.25, 0.3) is 0 Å². The van der Waals surface area contributed by atoms with Crippen LogP contribution in [0.1, 0.15) is 11.1 Å². The molecule has 0 saturated carbocycles. The Balaban J connectivity index is 1.60. The topological polar surface area (TPSA) is 59.6 Å². The number of rotatable bonds is 10. The quantitative estimate of drug-likeness (QED) is 0.650. The second-order valence-electron chi connectivity index (χ2n) is 5.69. The number of carbonyl (C=O) groups excluding carboxylic acids is 1. The zero-order chi connectivity index (χ0) is 17.9. The maximum atomic E-state index is 11.8. The Morgan fingerprint density at radius 1 is 0.920 bits per heavy atom. The van der Waals surface area contributed by atoms with E-state index in [1.54, 1.807) is 14.2 Å². The van der Waals surface area contributed by atoms with Gasteiger partial charge in [-0.25, -0.2) is 0 Å². The molecule has 0 fully saturated rings. The van der Waals surface area contributed by atoms with E-state index >= 15 is 0 Å². The van der Waals surface area contributed by atoms with E-state index in [0.29, 0.717) is 13.1 Å². The van der Waals surface area contributed by atoms with Crippen molar-refractivity contribution in [2.75, 3.05) is 33.9 Å². The zero-order valence-corrected chi connectivity index (χ0v) is 14.9. The van der Waals surface area contributed by atoms with Crippen molar-refractivity contribution in [3.8, 4) is 11.5 Å². The Kier molecular flexibility index (Phi) is 7.79. The van der Waals surface area contributed by atoms with Gasteiger partial charge >= 0.3 is 0 Å². The molecular formula is C20H26N2O3. The Morgan fingerprint density at radius 3 is 2.40 bits per heavy atom. The summed E-state index contributed by atoms with van der Waals surface area (Å²) in [6.45, 7) is 1.67. The maximum Gasteiger partial charge on any atom is 0.233 e. The fraction of sp³-hybridized carbons (Fsp3) is 0.350. The van der Waals surface area contributed by atoms with Crippen molar-refractivity contribution in [1.29, 1.82) is 0 Å². The van der Waals surface area contributed by atoms with Gasteiger partial charge in [-0.3, -0.25) is 4.79 Å². The first-order chi connectivity index (χ1) is 12.2. The molecule has 2 rings (SSSR count). The molecule has 0 unspecified atom stereocenters. The van der Waals surface area contributed by atoms with Gasteiger partial charge in [-0.2, -0.15) is 0 Å². The molecule has 134 valence electrons. The van der Waals surface area contributed by atoms with Crippen molar-refractivity contribution in [1.82, 2.24) is 10.6 Å². The fourth-order valence-electron chi connectivity index (χ4n) is 2.54. The van der Waals surface area contributed by atoms with Gasteiger partial charge in [0.05, 0.1) is 20.8 Å². The predicted molar refractivity (Wildman–Crippen MR) is 99.3 cm³/mol. The molecule has 25 heavy (non-hydrogen) atoms. The number of hydrogen-bond donors (Lipinski definition) is 2. The van der Waals surface area contributed by atoms with E-state index in [1.807, 2.05) is 48.5 Å². The lowest BCUT2D eigenvalue weighted by molar-refractivity contribution is -0.120. The second kappa shape index (κ2) is 10.4. The van der Waals surface area contributed by atoms with Crippen LogP contribution in [0, 0.1) is 0 Å². The Morgan fingerprint density at radius 2 is 1.68 bits per heavy atom. The number of amides is 1. The number of para-hydroxylation sites is 1. The van der Waals surface area contributed by atoms with Crippen molar-refractivity contribution in [3.05, 3.63) is 59.7 Å². The first-order valence-electron chi connectivity index (χ1n) is 8.45. The highest BCUT2D eigenvalue weighted by atomic mass is 16.5. The summed E-state index contributed by atoms with van der Waals surface area (Å²) in [5.41, 5.74) is 2.31. The summed E-state index contributed by atoms with van der Waals surface area (Å²) in [5, 5.41) is 6.09. The Hall–Kier alpha value is -2.53. The van der Waals surface area contributed by atoms with Crippen molar-refractivity contribution in [2.24, 2.45) is 0 Å². The standard InChI is InChI=1S/C20H26N2O3/c1-24-18-9-7-16(8-10-18)11-14-22-20(23)15-21-13-12-17-5-3-4-6-19(17)25-2/h3-10,21H,11-15H2,1-2H3,(H,22,23). The highest BCUT2D eigenvalue weighted by Gasteiger charge is 2.03. The molecule has 2 aromatic carbocycles. The minimum absolute atomic E-state index is 0.00791. The smallest absolute Gasteiger partial charge is 0.233 e. The van der Waals surface area contributed by atoms with Gasteiger partial charge in [0.2, 0.25) is 5.91 Å². The summed E-state index contributed by atoms with van der Waals surface area (Å²) >= 11 is 0. The average Bonchev–Trinajstić information content (AvgIpc) is 2.66. The number of carbonyl (C=O) groups is 1. The van der Waals surface area contributed by atoms with Gasteiger partial charge in [-0.05, 0) is 48.7 Å². The third-order valence-electron chi connectivity index (χ3n) is 3.94. The molecule has 5 nitrogen and oxygen atoms in total. The van der Waals surface area contributed by atoms with Gasteiger partial charge in [0.25, 0.3) is 0 Å². The van der Waals surface area contributed by atoms with Gasteiger partial charge in [-0.1, -0.05) is 30.3 Å². The Bertz CT molecular complexity index is 656. The first-order valence-corrected chi connectivity index (χ1v) is 8.45. The summed E-state index contributed by atoms with van der Waals surface area (Å²) in [5.74, 6) is 1.73. The van der Waals surface area contributed by atoms with Crippen molar-refractivity contribution in [3.63, 3.8) is 0 Å². The lowest BCUT2D eigenvalue weighted by atomic mass is 10.1. The molecule has 0 aliphatic heterocycles. The highest BCUT2D eigenvalue weighted by molar-refractivity contribution is 5.77. The minimum Gasteiger partial charge on any atom is -0.497 e. The lowest BCUT2D eigenvalue weighted by Gasteiger charge is -2.09. The molecule has 0 atom stereocenters. The molecule has 5 heteroatoms. The molecule has 2 N–H and O–H groups in total. The minimum atomic E-state index is 0.00791. The third kappa shape index (κ3) is 6.47. The van der Waals surface area contributed by atoms with Crippen LogP contribution in [0.3, 0.4) is 0 Å².